The number of hydrogen-bond acceptors (Lipinski definition) is 14. The van der Waals surface area contributed by atoms with Gasteiger partial charge >= 0.3 is 24.5 Å². The first-order valence-corrected chi connectivity index (χ1v) is 23.7. The fraction of sp³-hybridized carbons (Fsp3) is 0.562. The number of quaternary nitrogens is 1. The van der Waals surface area contributed by atoms with E-state index in [9.17, 15) is 28.8 Å². The van der Waals surface area contributed by atoms with Crippen molar-refractivity contribution in [3.05, 3.63) is 75.7 Å². The third kappa shape index (κ3) is 12.0. The van der Waals surface area contributed by atoms with Gasteiger partial charge in [-0.15, -0.1) is 0 Å². The van der Waals surface area contributed by atoms with Gasteiger partial charge in [-0.2, -0.15) is 5.10 Å². The molecule has 2 aromatic carbocycles. The summed E-state index contributed by atoms with van der Waals surface area (Å²) in [6.45, 7) is 12.3. The molecule has 368 valence electrons. The van der Waals surface area contributed by atoms with Crippen LogP contribution in [0.15, 0.2) is 53.5 Å². The van der Waals surface area contributed by atoms with Crippen molar-refractivity contribution in [2.45, 2.75) is 91.3 Å². The molecular formula is C48H65N8O12+. The lowest BCUT2D eigenvalue weighted by atomic mass is 9.89. The molecule has 4 aromatic rings. The second kappa shape index (κ2) is 22.6. The first-order chi connectivity index (χ1) is 32.8. The summed E-state index contributed by atoms with van der Waals surface area (Å²) in [6.07, 6.45) is 2.49. The molecule has 7 rings (SSSR count). The van der Waals surface area contributed by atoms with Gasteiger partial charge in [0.2, 0.25) is 12.6 Å². The van der Waals surface area contributed by atoms with Crippen molar-refractivity contribution >= 4 is 52.2 Å². The summed E-state index contributed by atoms with van der Waals surface area (Å²) in [7, 11) is 2.09. The molecule has 0 radical (unpaired) electrons. The van der Waals surface area contributed by atoms with Crippen LogP contribution in [0.1, 0.15) is 69.1 Å². The Morgan fingerprint density at radius 1 is 0.750 bits per heavy atom. The molecule has 0 unspecified atom stereocenters. The number of hydrogen-bond donors (Lipinski definition) is 1. The highest BCUT2D eigenvalue weighted by Crippen LogP contribution is 2.29. The third-order valence-electron chi connectivity index (χ3n) is 13.3. The van der Waals surface area contributed by atoms with Crippen molar-refractivity contribution in [1.82, 2.24) is 34.4 Å². The Labute approximate surface area is 395 Å². The number of pyridine rings is 1. The molecule has 3 aliphatic heterocycles. The molecule has 5 heterocycles. The lowest BCUT2D eigenvalue weighted by molar-refractivity contribution is -0.930. The van der Waals surface area contributed by atoms with Crippen LogP contribution in [0.3, 0.4) is 0 Å². The summed E-state index contributed by atoms with van der Waals surface area (Å²) >= 11 is 0. The van der Waals surface area contributed by atoms with E-state index in [0.29, 0.717) is 73.7 Å². The number of amides is 3. The van der Waals surface area contributed by atoms with Crippen LogP contribution in [0.5, 0.6) is 0 Å². The van der Waals surface area contributed by atoms with Gasteiger partial charge in [0.05, 0.1) is 57.2 Å². The summed E-state index contributed by atoms with van der Waals surface area (Å²) in [4.78, 5) is 84.6. The molecule has 3 amide bonds. The van der Waals surface area contributed by atoms with Crippen LogP contribution in [0, 0.1) is 6.92 Å². The number of para-hydroxylation sites is 1. The van der Waals surface area contributed by atoms with E-state index in [-0.39, 0.29) is 69.8 Å². The Bertz CT molecular complexity index is 2480. The average Bonchev–Trinajstić information content (AvgIpc) is 3.76. The lowest BCUT2D eigenvalue weighted by Gasteiger charge is -2.45. The zero-order valence-electron chi connectivity index (χ0n) is 39.8. The number of likely N-dealkylation sites (tertiary alicyclic amines) is 2. The summed E-state index contributed by atoms with van der Waals surface area (Å²) in [6, 6.07) is 12.3. The van der Waals surface area contributed by atoms with Crippen LogP contribution in [-0.2, 0) is 53.1 Å². The van der Waals surface area contributed by atoms with E-state index >= 15 is 0 Å². The Balaban J connectivity index is 1.03. The number of aromatic nitrogens is 3. The minimum Gasteiger partial charge on any atom is -0.435 e. The van der Waals surface area contributed by atoms with Gasteiger partial charge in [-0.3, -0.25) is 23.5 Å². The van der Waals surface area contributed by atoms with Crippen LogP contribution in [0.4, 0.5) is 19.2 Å². The molecule has 0 saturated carbocycles. The second-order valence-corrected chi connectivity index (χ2v) is 17.9. The predicted octanol–water partition coefficient (Wildman–Crippen LogP) is 5.30. The molecular weight excluding hydrogens is 881 g/mol. The zero-order chi connectivity index (χ0) is 48.4. The van der Waals surface area contributed by atoms with Gasteiger partial charge in [0, 0.05) is 75.5 Å². The zero-order valence-corrected chi connectivity index (χ0v) is 39.8. The van der Waals surface area contributed by atoms with E-state index in [1.54, 1.807) is 42.6 Å². The van der Waals surface area contributed by atoms with E-state index in [1.165, 1.54) is 4.57 Å². The van der Waals surface area contributed by atoms with Gasteiger partial charge in [-0.1, -0.05) is 24.3 Å². The van der Waals surface area contributed by atoms with E-state index in [2.05, 4.69) is 22.4 Å². The fourth-order valence-electron chi connectivity index (χ4n) is 9.70. The highest BCUT2D eigenvalue weighted by molar-refractivity contribution is 5.88. The van der Waals surface area contributed by atoms with Crippen LogP contribution in [-0.4, -0.2) is 162 Å². The molecule has 3 fully saturated rings. The number of rotatable bonds is 15. The molecule has 68 heavy (non-hydrogen) atoms. The number of aryl methyl sites for hydroxylation is 1. The van der Waals surface area contributed by atoms with Gasteiger partial charge in [0.25, 0.3) is 5.56 Å². The smallest absolute Gasteiger partial charge is 0.435 e. The highest BCUT2D eigenvalue weighted by atomic mass is 16.7. The molecule has 3 aliphatic rings. The maximum Gasteiger partial charge on any atom is 0.512 e. The Morgan fingerprint density at radius 3 is 2.04 bits per heavy atom. The Hall–Kier alpha value is -6.41. The molecule has 20 nitrogen and oxygen atoms in total. The monoisotopic (exact) mass is 945 g/mol. The first kappa shape index (κ1) is 49.5. The first-order valence-electron chi connectivity index (χ1n) is 23.7. The molecule has 0 aliphatic carbocycles. The number of nitrogens with zero attached hydrogens (tertiary/aromatic N) is 7. The number of piperidine rings is 2. The third-order valence-corrected chi connectivity index (χ3v) is 13.3. The molecule has 3 saturated heterocycles. The lowest BCUT2D eigenvalue weighted by Crippen LogP contribution is -2.60. The van der Waals surface area contributed by atoms with Crippen molar-refractivity contribution in [2.75, 3.05) is 86.0 Å². The van der Waals surface area contributed by atoms with Crippen LogP contribution < -0.4 is 10.9 Å². The Kier molecular flexibility index (Phi) is 16.4. The average molecular weight is 946 g/mol. The van der Waals surface area contributed by atoms with Crippen LogP contribution in [0.25, 0.3) is 21.8 Å². The number of benzene rings is 2. The SMILES string of the molecule is CCOC(=O)OCn1ncc2cc(C[C@@H](NC(=O)N3CCC(c4cc5ccccc5n(COC(=O)OCC)c4=O)CC3)C(=O)N3CCN(C4CC[N+](C)(COC(=O)OCC)CC4)CC3)cc(C)c21. The van der Waals surface area contributed by atoms with Crippen LogP contribution >= 0.6 is 0 Å². The van der Waals surface area contributed by atoms with E-state index < -0.39 is 24.5 Å². The molecule has 1 N–H and O–H groups in total. The molecule has 0 bridgehead atoms. The number of fused-ring (bicyclic) bond motifs is 2. The molecule has 20 heteroatoms. The number of carbonyl (C=O) groups is 5. The normalized spacial score (nSPS) is 19.6. The van der Waals surface area contributed by atoms with Gasteiger partial charge in [-0.25, -0.2) is 23.9 Å². The maximum atomic E-state index is 14.6. The number of carbonyl (C=O) groups excluding carboxylic acids is 5. The highest BCUT2D eigenvalue weighted by Gasteiger charge is 2.37. The van der Waals surface area contributed by atoms with E-state index in [1.807, 2.05) is 48.2 Å². The van der Waals surface area contributed by atoms with Gasteiger partial charge in [0.15, 0.2) is 13.5 Å². The van der Waals surface area contributed by atoms with Gasteiger partial charge in [-0.05, 0) is 81.2 Å². The Morgan fingerprint density at radius 2 is 1.38 bits per heavy atom. The largest absolute Gasteiger partial charge is 0.512 e. The van der Waals surface area contributed by atoms with Crippen molar-refractivity contribution in [2.24, 2.45) is 0 Å². The van der Waals surface area contributed by atoms with E-state index in [4.69, 9.17) is 28.4 Å². The minimum atomic E-state index is -0.884. The summed E-state index contributed by atoms with van der Waals surface area (Å²) < 4.78 is 34.3. The predicted molar refractivity (Wildman–Crippen MR) is 249 cm³/mol. The fourth-order valence-corrected chi connectivity index (χ4v) is 9.70. The van der Waals surface area contributed by atoms with Gasteiger partial charge < -0.3 is 43.5 Å². The van der Waals surface area contributed by atoms with Crippen molar-refractivity contribution in [3.63, 3.8) is 0 Å². The number of nitrogens with one attached hydrogen (secondary N) is 1. The van der Waals surface area contributed by atoms with Gasteiger partial charge in [0.1, 0.15) is 6.04 Å². The number of piperazine rings is 1. The standard InChI is InChI=1S/C48H64N8O12/c1-6-63-46(60)66-30-54-41-12-10-9-11-36(41)28-39(43(54)57)35-13-17-53(18-14-35)45(59)50-40(27-34-25-33(4)42-37(26-34)29-49-55(42)31-67-47(61)64-7-2)44(58)52-21-19-51(20-22-52)38-15-23-56(5,24-16-38)32-68-48(62)65-8-3/h9-12,25-26,28-29,35,38,40H,6-8,13-24,27,30-32H2,1-5H3/p+1/t38?,40-,56?/m1/s1. The summed E-state index contributed by atoms with van der Waals surface area (Å²) in [5.74, 6) is -0.332. The quantitative estimate of drug-likeness (QED) is 0.0913. The van der Waals surface area contributed by atoms with E-state index in [0.717, 1.165) is 53.3 Å². The summed E-state index contributed by atoms with van der Waals surface area (Å²) in [5, 5.41) is 9.16. The van der Waals surface area contributed by atoms with Crippen molar-refractivity contribution in [3.8, 4) is 0 Å². The molecule has 1 atom stereocenters. The van der Waals surface area contributed by atoms with Crippen LogP contribution in [0.2, 0.25) is 0 Å². The number of ether oxygens (including phenoxy) is 6. The van der Waals surface area contributed by atoms with Crippen molar-refractivity contribution < 1.29 is 56.9 Å². The molecule has 2 aromatic heterocycles. The second-order valence-electron chi connectivity index (χ2n) is 17.9. The topological polar surface area (TPSA) is 202 Å². The minimum absolute atomic E-state index is 0.132. The number of urea groups is 1. The van der Waals surface area contributed by atoms with Crippen molar-refractivity contribution in [1.29, 1.82) is 0 Å². The maximum absolute atomic E-state index is 14.6. The molecule has 0 spiro atoms. The summed E-state index contributed by atoms with van der Waals surface area (Å²) in [5.41, 5.74) is 3.38.